The Labute approximate surface area is 169 Å². The van der Waals surface area contributed by atoms with Crippen molar-refractivity contribution in [2.24, 2.45) is 0 Å². The van der Waals surface area contributed by atoms with E-state index >= 15 is 0 Å². The van der Waals surface area contributed by atoms with Crippen LogP contribution >= 0.6 is 0 Å². The number of aromatic amines is 1. The van der Waals surface area contributed by atoms with Crippen LogP contribution in [0.3, 0.4) is 0 Å². The molecule has 29 heavy (non-hydrogen) atoms. The van der Waals surface area contributed by atoms with Crippen LogP contribution in [0.1, 0.15) is 29.2 Å². The monoisotopic (exact) mass is 379 g/mol. The molecule has 0 aliphatic heterocycles. The molecule has 4 aromatic rings. The molecule has 1 aliphatic rings. The first-order chi connectivity index (χ1) is 14.2. The normalized spacial score (nSPS) is 12.3. The lowest BCUT2D eigenvalue weighted by molar-refractivity contribution is 0.326. The summed E-state index contributed by atoms with van der Waals surface area (Å²) in [6.07, 6.45) is 1.77. The fraction of sp³-hybridized carbons (Fsp3) is 0.200. The van der Waals surface area contributed by atoms with Crippen LogP contribution in [0.5, 0.6) is 5.88 Å². The Hall–Kier alpha value is -3.58. The summed E-state index contributed by atoms with van der Waals surface area (Å²) in [5, 5.41) is 11.2. The maximum Gasteiger partial charge on any atom is 0.232 e. The Kier molecular flexibility index (Phi) is 4.10. The molecule has 0 radical (unpaired) electrons. The van der Waals surface area contributed by atoms with E-state index in [0.29, 0.717) is 18.1 Å². The number of nitriles is 1. The zero-order chi connectivity index (χ0) is 20.0. The number of ether oxygens (including phenoxy) is 1. The molecule has 2 aromatic heterocycles. The molecule has 2 heterocycles. The summed E-state index contributed by atoms with van der Waals surface area (Å²) in [6, 6.07) is 19.0. The predicted octanol–water partition coefficient (Wildman–Crippen LogP) is 5.57. The molecule has 4 heteroatoms. The van der Waals surface area contributed by atoms with Gasteiger partial charge in [0, 0.05) is 16.5 Å². The summed E-state index contributed by atoms with van der Waals surface area (Å²) in [4.78, 5) is 8.44. The van der Waals surface area contributed by atoms with E-state index in [2.05, 4.69) is 48.3 Å². The van der Waals surface area contributed by atoms with E-state index in [1.165, 1.54) is 16.5 Å². The van der Waals surface area contributed by atoms with Crippen molar-refractivity contribution in [3.63, 3.8) is 0 Å². The van der Waals surface area contributed by atoms with Crippen molar-refractivity contribution in [1.29, 1.82) is 5.26 Å². The van der Waals surface area contributed by atoms with Crippen LogP contribution in [0, 0.1) is 18.3 Å². The van der Waals surface area contributed by atoms with Crippen LogP contribution in [0.15, 0.2) is 48.5 Å². The fourth-order valence-corrected chi connectivity index (χ4v) is 4.40. The van der Waals surface area contributed by atoms with Crippen molar-refractivity contribution in [1.82, 2.24) is 9.97 Å². The second-order valence-electron chi connectivity index (χ2n) is 7.43. The minimum absolute atomic E-state index is 0.412. The molecule has 0 unspecified atom stereocenters. The number of benzene rings is 2. The molecule has 5 rings (SSSR count). The van der Waals surface area contributed by atoms with Gasteiger partial charge in [-0.15, -0.1) is 0 Å². The van der Waals surface area contributed by atoms with Gasteiger partial charge in [-0.05, 0) is 55.0 Å². The maximum atomic E-state index is 9.95. The van der Waals surface area contributed by atoms with Crippen molar-refractivity contribution in [3.8, 4) is 34.5 Å². The summed E-state index contributed by atoms with van der Waals surface area (Å²) >= 11 is 0. The Balaban J connectivity index is 1.85. The van der Waals surface area contributed by atoms with E-state index in [4.69, 9.17) is 9.72 Å². The molecule has 0 amide bonds. The molecule has 1 aliphatic carbocycles. The molecule has 0 saturated carbocycles. The number of hydrogen-bond acceptors (Lipinski definition) is 3. The van der Waals surface area contributed by atoms with Gasteiger partial charge in [-0.2, -0.15) is 5.26 Å². The molecular weight excluding hydrogens is 358 g/mol. The third kappa shape index (κ3) is 2.70. The Morgan fingerprint density at radius 2 is 1.90 bits per heavy atom. The van der Waals surface area contributed by atoms with Gasteiger partial charge in [-0.1, -0.05) is 42.5 Å². The zero-order valence-corrected chi connectivity index (χ0v) is 16.5. The fourth-order valence-electron chi connectivity index (χ4n) is 4.40. The third-order valence-electron chi connectivity index (χ3n) is 5.64. The highest BCUT2D eigenvalue weighted by atomic mass is 16.5. The number of rotatable bonds is 3. The topological polar surface area (TPSA) is 61.7 Å². The second kappa shape index (κ2) is 6.79. The molecule has 0 spiro atoms. The molecule has 0 atom stereocenters. The number of aromatic nitrogens is 2. The van der Waals surface area contributed by atoms with E-state index in [1.807, 2.05) is 25.1 Å². The molecule has 2 aromatic carbocycles. The average Bonchev–Trinajstić information content (AvgIpc) is 3.11. The lowest BCUT2D eigenvalue weighted by Gasteiger charge is -2.22. The lowest BCUT2D eigenvalue weighted by Crippen LogP contribution is -2.11. The first-order valence-electron chi connectivity index (χ1n) is 9.98. The van der Waals surface area contributed by atoms with Crippen LogP contribution in [-0.4, -0.2) is 16.6 Å². The molecular formula is C25H21N3O. The number of pyridine rings is 1. The molecule has 0 saturated heterocycles. The number of nitrogens with zero attached hydrogens (tertiary/aromatic N) is 2. The summed E-state index contributed by atoms with van der Waals surface area (Å²) in [5.74, 6) is 0.412. The summed E-state index contributed by atoms with van der Waals surface area (Å²) in [6.45, 7) is 4.49. The Morgan fingerprint density at radius 1 is 1.10 bits per heavy atom. The highest BCUT2D eigenvalue weighted by Crippen LogP contribution is 2.44. The lowest BCUT2D eigenvalue weighted by atomic mass is 9.85. The van der Waals surface area contributed by atoms with Crippen LogP contribution in [-0.2, 0) is 12.8 Å². The third-order valence-corrected chi connectivity index (χ3v) is 5.64. The summed E-state index contributed by atoms with van der Waals surface area (Å²) < 4.78 is 5.82. The Bertz CT molecular complexity index is 1280. The van der Waals surface area contributed by atoms with E-state index in [9.17, 15) is 5.26 Å². The minimum Gasteiger partial charge on any atom is -0.477 e. The van der Waals surface area contributed by atoms with Crippen molar-refractivity contribution in [3.05, 3.63) is 70.8 Å². The smallest absolute Gasteiger partial charge is 0.232 e. The predicted molar refractivity (Wildman–Crippen MR) is 115 cm³/mol. The van der Waals surface area contributed by atoms with E-state index in [-0.39, 0.29) is 0 Å². The van der Waals surface area contributed by atoms with Gasteiger partial charge in [0.05, 0.1) is 18.0 Å². The number of hydrogen-bond donors (Lipinski definition) is 1. The summed E-state index contributed by atoms with van der Waals surface area (Å²) in [5.41, 5.74) is 9.22. The number of fused-ring (bicyclic) bond motifs is 5. The van der Waals surface area contributed by atoms with Crippen molar-refractivity contribution in [2.75, 3.05) is 6.61 Å². The average molecular weight is 379 g/mol. The van der Waals surface area contributed by atoms with Gasteiger partial charge in [0.2, 0.25) is 5.88 Å². The van der Waals surface area contributed by atoms with Crippen LogP contribution in [0.4, 0.5) is 0 Å². The zero-order valence-electron chi connectivity index (χ0n) is 16.5. The van der Waals surface area contributed by atoms with Gasteiger partial charge >= 0.3 is 0 Å². The Morgan fingerprint density at radius 3 is 2.66 bits per heavy atom. The molecule has 1 N–H and O–H groups in total. The van der Waals surface area contributed by atoms with Crippen LogP contribution in [0.2, 0.25) is 0 Å². The molecule has 0 fully saturated rings. The quantitative estimate of drug-likeness (QED) is 0.506. The highest BCUT2D eigenvalue weighted by Gasteiger charge is 2.28. The van der Waals surface area contributed by atoms with Gasteiger partial charge in [-0.3, -0.25) is 0 Å². The largest absolute Gasteiger partial charge is 0.477 e. The van der Waals surface area contributed by atoms with Gasteiger partial charge in [0.15, 0.2) is 0 Å². The summed E-state index contributed by atoms with van der Waals surface area (Å²) in [7, 11) is 0. The van der Waals surface area contributed by atoms with E-state index in [1.54, 1.807) is 0 Å². The minimum atomic E-state index is 0.412. The maximum absolute atomic E-state index is 9.95. The first-order valence-corrected chi connectivity index (χ1v) is 9.98. The number of aryl methyl sites for hydroxylation is 2. The number of nitrogens with one attached hydrogen (secondary N) is 1. The standard InChI is InChI=1S/C25H21N3O/c1-3-29-25-20(14-26)22(16-7-5-4-6-8-16)19-12-11-18-17-10-9-15(2)13-21(17)27-23(18)24(19)28-25/h4-10,13,27H,3,11-12H2,1-2H3. The van der Waals surface area contributed by atoms with Crippen LogP contribution in [0.25, 0.3) is 33.4 Å². The van der Waals surface area contributed by atoms with Gasteiger partial charge in [-0.25, -0.2) is 4.98 Å². The van der Waals surface area contributed by atoms with Gasteiger partial charge in [0.25, 0.3) is 0 Å². The van der Waals surface area contributed by atoms with E-state index < -0.39 is 0 Å². The van der Waals surface area contributed by atoms with Crippen molar-refractivity contribution >= 4 is 10.9 Å². The molecule has 0 bridgehead atoms. The number of H-pyrrole nitrogens is 1. The van der Waals surface area contributed by atoms with E-state index in [0.717, 1.165) is 46.4 Å². The SMILES string of the molecule is CCOc1nc2c(c(-c3ccccc3)c1C#N)CCc1c-2[nH]c2cc(C)ccc12. The first kappa shape index (κ1) is 17.5. The molecule has 4 nitrogen and oxygen atoms in total. The second-order valence-corrected chi connectivity index (χ2v) is 7.43. The van der Waals surface area contributed by atoms with Crippen LogP contribution < -0.4 is 4.74 Å². The molecule has 142 valence electrons. The van der Waals surface area contributed by atoms with Crippen molar-refractivity contribution < 1.29 is 4.74 Å². The van der Waals surface area contributed by atoms with Gasteiger partial charge in [0.1, 0.15) is 11.6 Å². The highest BCUT2D eigenvalue weighted by molar-refractivity contribution is 5.94. The van der Waals surface area contributed by atoms with Crippen molar-refractivity contribution in [2.45, 2.75) is 26.7 Å². The van der Waals surface area contributed by atoms with Gasteiger partial charge < -0.3 is 9.72 Å².